The molecule has 8 heteroatoms. The van der Waals surface area contributed by atoms with Gasteiger partial charge in [-0.25, -0.2) is 4.68 Å². The first-order chi connectivity index (χ1) is 13.5. The Morgan fingerprint density at radius 1 is 1.21 bits per heavy atom. The van der Waals surface area contributed by atoms with Crippen LogP contribution in [0.1, 0.15) is 16.8 Å². The van der Waals surface area contributed by atoms with Crippen molar-refractivity contribution in [2.45, 2.75) is 0 Å². The predicted octanol–water partition coefficient (Wildman–Crippen LogP) is 4.92. The average Bonchev–Trinajstić information content (AvgIpc) is 3.02. The van der Waals surface area contributed by atoms with Crippen LogP contribution in [-0.4, -0.2) is 16.9 Å². The van der Waals surface area contributed by atoms with Crippen molar-refractivity contribution in [3.8, 4) is 23.6 Å². The molecule has 6 nitrogen and oxygen atoms in total. The van der Waals surface area contributed by atoms with E-state index in [9.17, 15) is 10.5 Å². The first kappa shape index (κ1) is 19.7. The number of para-hydroxylation sites is 1. The lowest BCUT2D eigenvalue weighted by Crippen LogP contribution is -2.02. The molecule has 0 aliphatic carbocycles. The van der Waals surface area contributed by atoms with Crippen molar-refractivity contribution in [3.63, 3.8) is 0 Å². The highest BCUT2D eigenvalue weighted by Crippen LogP contribution is 2.35. The molecule has 0 unspecified atom stereocenters. The summed E-state index contributed by atoms with van der Waals surface area (Å²) in [5.74, 6) is 0.733. The molecule has 28 heavy (non-hydrogen) atoms. The lowest BCUT2D eigenvalue weighted by atomic mass is 10.1. The molecule has 0 aliphatic heterocycles. The van der Waals surface area contributed by atoms with E-state index in [4.69, 9.17) is 10.5 Å². The fourth-order valence-electron chi connectivity index (χ4n) is 2.71. The summed E-state index contributed by atoms with van der Waals surface area (Å²) < 4.78 is 8.41. The molecule has 0 spiro atoms. The topological polar surface area (TPSA) is 101 Å². The van der Waals surface area contributed by atoms with E-state index in [-0.39, 0.29) is 22.6 Å². The van der Waals surface area contributed by atoms with Gasteiger partial charge in [0, 0.05) is 10.0 Å². The fourth-order valence-corrected chi connectivity index (χ4v) is 4.13. The number of benzene rings is 2. The van der Waals surface area contributed by atoms with Gasteiger partial charge in [-0.15, -0.1) is 0 Å². The Balaban J connectivity index is 2.22. The SMILES string of the molecule is COc1c(Br)cc(Br)cc1C=C(C#N)c1nn(-c2ccccc2)c(N)c1C#N. The minimum Gasteiger partial charge on any atom is -0.495 e. The Kier molecular flexibility index (Phi) is 5.84. The summed E-state index contributed by atoms with van der Waals surface area (Å²) in [4.78, 5) is 0. The van der Waals surface area contributed by atoms with E-state index in [2.05, 4.69) is 49.1 Å². The molecule has 3 rings (SSSR count). The monoisotopic (exact) mass is 497 g/mol. The van der Waals surface area contributed by atoms with Gasteiger partial charge in [0.2, 0.25) is 0 Å². The standard InChI is InChI=1S/C20H13Br2N5O/c1-28-19-12(8-14(21)9-17(19)22)7-13(10-23)18-16(11-24)20(25)27(26-18)15-5-3-2-4-6-15/h2-9H,25H2,1H3. The molecule has 0 radical (unpaired) electrons. The number of nitrogen functional groups attached to an aromatic ring is 1. The predicted molar refractivity (Wildman–Crippen MR) is 115 cm³/mol. The number of nitrogens with zero attached hydrogens (tertiary/aromatic N) is 4. The molecule has 0 saturated heterocycles. The number of nitrogens with two attached hydrogens (primary N) is 1. The van der Waals surface area contributed by atoms with Gasteiger partial charge in [-0.3, -0.25) is 0 Å². The van der Waals surface area contributed by atoms with Crippen LogP contribution in [0, 0.1) is 22.7 Å². The number of methoxy groups -OCH3 is 1. The molecule has 2 aromatic carbocycles. The van der Waals surface area contributed by atoms with Crippen molar-refractivity contribution >= 4 is 49.3 Å². The highest BCUT2D eigenvalue weighted by atomic mass is 79.9. The zero-order valence-corrected chi connectivity index (χ0v) is 17.8. The minimum atomic E-state index is 0.143. The van der Waals surface area contributed by atoms with E-state index >= 15 is 0 Å². The van der Waals surface area contributed by atoms with Gasteiger partial charge in [0.25, 0.3) is 0 Å². The second-order valence-corrected chi connectivity index (χ2v) is 7.42. The van der Waals surface area contributed by atoms with Crippen LogP contribution in [0.15, 0.2) is 51.4 Å². The van der Waals surface area contributed by atoms with E-state index in [0.717, 1.165) is 8.95 Å². The minimum absolute atomic E-state index is 0.143. The quantitative estimate of drug-likeness (QED) is 0.514. The van der Waals surface area contributed by atoms with Gasteiger partial charge in [0.1, 0.15) is 35.0 Å². The molecule has 0 aliphatic rings. The van der Waals surface area contributed by atoms with Gasteiger partial charge < -0.3 is 10.5 Å². The molecule has 0 atom stereocenters. The van der Waals surface area contributed by atoms with Gasteiger partial charge in [0.05, 0.1) is 22.8 Å². The first-order valence-corrected chi connectivity index (χ1v) is 9.58. The molecule has 1 aromatic heterocycles. The summed E-state index contributed by atoms with van der Waals surface area (Å²) in [6.07, 6.45) is 1.62. The molecule has 3 aromatic rings. The van der Waals surface area contributed by atoms with Crippen molar-refractivity contribution in [2.75, 3.05) is 12.8 Å². The zero-order chi connectivity index (χ0) is 20.3. The van der Waals surface area contributed by atoms with Crippen LogP contribution in [0.3, 0.4) is 0 Å². The third-order valence-electron chi connectivity index (χ3n) is 3.95. The van der Waals surface area contributed by atoms with Crippen molar-refractivity contribution in [2.24, 2.45) is 0 Å². The smallest absolute Gasteiger partial charge is 0.145 e. The fraction of sp³-hybridized carbons (Fsp3) is 0.0500. The molecule has 138 valence electrons. The molecule has 1 heterocycles. The Bertz CT molecular complexity index is 1150. The number of aromatic nitrogens is 2. The van der Waals surface area contributed by atoms with Crippen LogP contribution >= 0.6 is 31.9 Å². The number of hydrogen-bond acceptors (Lipinski definition) is 5. The molecular weight excluding hydrogens is 486 g/mol. The highest BCUT2D eigenvalue weighted by molar-refractivity contribution is 9.11. The Morgan fingerprint density at radius 3 is 2.54 bits per heavy atom. The lowest BCUT2D eigenvalue weighted by Gasteiger charge is -2.08. The number of ether oxygens (including phenoxy) is 1. The summed E-state index contributed by atoms with van der Waals surface area (Å²) in [6.45, 7) is 0. The Hall–Kier alpha value is -3.07. The summed E-state index contributed by atoms with van der Waals surface area (Å²) in [7, 11) is 1.54. The van der Waals surface area contributed by atoms with Crippen molar-refractivity contribution in [3.05, 3.63) is 68.2 Å². The highest BCUT2D eigenvalue weighted by Gasteiger charge is 2.20. The molecule has 0 saturated carbocycles. The molecule has 2 N–H and O–H groups in total. The van der Waals surface area contributed by atoms with E-state index in [0.29, 0.717) is 17.0 Å². The van der Waals surface area contributed by atoms with E-state index < -0.39 is 0 Å². The van der Waals surface area contributed by atoms with Gasteiger partial charge >= 0.3 is 0 Å². The maximum absolute atomic E-state index is 9.75. The van der Waals surface area contributed by atoms with Crippen LogP contribution < -0.4 is 10.5 Å². The maximum Gasteiger partial charge on any atom is 0.145 e. The summed E-state index contributed by atoms with van der Waals surface area (Å²) in [5.41, 5.74) is 8.04. The van der Waals surface area contributed by atoms with Crippen LogP contribution in [-0.2, 0) is 0 Å². The van der Waals surface area contributed by atoms with Crippen molar-refractivity contribution in [1.29, 1.82) is 10.5 Å². The van der Waals surface area contributed by atoms with Crippen LogP contribution in [0.5, 0.6) is 5.75 Å². The normalized spacial score (nSPS) is 11.0. The van der Waals surface area contributed by atoms with E-state index in [1.165, 1.54) is 4.68 Å². The number of rotatable bonds is 4. The number of halogens is 2. The summed E-state index contributed by atoms with van der Waals surface area (Å²) in [6, 6.07) is 17.0. The van der Waals surface area contributed by atoms with E-state index in [1.807, 2.05) is 42.5 Å². The molecule has 0 fully saturated rings. The van der Waals surface area contributed by atoms with E-state index in [1.54, 1.807) is 13.2 Å². The molecular formula is C20H13Br2N5O. The number of allylic oxidation sites excluding steroid dienone is 1. The van der Waals surface area contributed by atoms with Gasteiger partial charge in [-0.05, 0) is 46.3 Å². The average molecular weight is 499 g/mol. The number of hydrogen-bond donors (Lipinski definition) is 1. The second kappa shape index (κ2) is 8.30. The Labute approximate surface area is 178 Å². The van der Waals surface area contributed by atoms with Gasteiger partial charge in [-0.1, -0.05) is 34.1 Å². The van der Waals surface area contributed by atoms with Crippen LogP contribution in [0.2, 0.25) is 0 Å². The lowest BCUT2D eigenvalue weighted by molar-refractivity contribution is 0.411. The van der Waals surface area contributed by atoms with Crippen molar-refractivity contribution < 1.29 is 4.74 Å². The van der Waals surface area contributed by atoms with Crippen LogP contribution in [0.4, 0.5) is 5.82 Å². The Morgan fingerprint density at radius 2 is 1.93 bits per heavy atom. The van der Waals surface area contributed by atoms with Crippen LogP contribution in [0.25, 0.3) is 17.3 Å². The third-order valence-corrected chi connectivity index (χ3v) is 5.00. The number of anilines is 1. The van der Waals surface area contributed by atoms with Gasteiger partial charge in [-0.2, -0.15) is 15.6 Å². The maximum atomic E-state index is 9.75. The largest absolute Gasteiger partial charge is 0.495 e. The zero-order valence-electron chi connectivity index (χ0n) is 14.6. The van der Waals surface area contributed by atoms with Gasteiger partial charge in [0.15, 0.2) is 0 Å². The molecule has 0 bridgehead atoms. The third kappa shape index (κ3) is 3.65. The van der Waals surface area contributed by atoms with Crippen molar-refractivity contribution in [1.82, 2.24) is 9.78 Å². The number of nitriles is 2. The summed E-state index contributed by atoms with van der Waals surface area (Å²) in [5, 5.41) is 23.8. The first-order valence-electron chi connectivity index (χ1n) is 7.99. The second-order valence-electron chi connectivity index (χ2n) is 5.65. The molecule has 0 amide bonds. The summed E-state index contributed by atoms with van der Waals surface area (Å²) >= 11 is 6.87.